The summed E-state index contributed by atoms with van der Waals surface area (Å²) in [6.45, 7) is 2.09. The maximum atomic E-state index is 13.1. The van der Waals surface area contributed by atoms with Crippen molar-refractivity contribution in [1.29, 1.82) is 0 Å². The highest BCUT2D eigenvalue weighted by Gasteiger charge is 2.38. The predicted molar refractivity (Wildman–Crippen MR) is 128 cm³/mol. The molecule has 6 nitrogen and oxygen atoms in total. The molecule has 168 valence electrons. The number of rotatable bonds is 5. The number of aryl methyl sites for hydroxylation is 1. The topological polar surface area (TPSA) is 95.5 Å². The van der Waals surface area contributed by atoms with Gasteiger partial charge in [0.2, 0.25) is 0 Å². The third-order valence-corrected chi connectivity index (χ3v) is 7.81. The smallest absolute Gasteiger partial charge is 0.335 e. The van der Waals surface area contributed by atoms with Crippen LogP contribution in [-0.4, -0.2) is 19.5 Å². The molecule has 0 radical (unpaired) electrons. The Labute approximate surface area is 193 Å². The van der Waals surface area contributed by atoms with Crippen LogP contribution in [0.2, 0.25) is 0 Å². The van der Waals surface area contributed by atoms with Crippen LogP contribution in [0.5, 0.6) is 0 Å². The van der Waals surface area contributed by atoms with E-state index in [0.717, 1.165) is 17.7 Å². The van der Waals surface area contributed by atoms with Crippen molar-refractivity contribution < 1.29 is 18.3 Å². The lowest BCUT2D eigenvalue weighted by atomic mass is 9.77. The molecule has 0 spiro atoms. The fourth-order valence-corrected chi connectivity index (χ4v) is 5.92. The number of aromatic carboxylic acids is 1. The molecule has 5 rings (SSSR count). The number of nitrogens with one attached hydrogen (secondary N) is 2. The molecule has 0 amide bonds. The molecular weight excluding hydrogens is 436 g/mol. The number of hydrogen-bond acceptors (Lipinski definition) is 4. The summed E-state index contributed by atoms with van der Waals surface area (Å²) in [7, 11) is -3.83. The van der Waals surface area contributed by atoms with Crippen LogP contribution in [0.25, 0.3) is 0 Å². The van der Waals surface area contributed by atoms with Gasteiger partial charge in [0.25, 0.3) is 10.0 Å². The van der Waals surface area contributed by atoms with Crippen molar-refractivity contribution in [3.05, 3.63) is 101 Å². The predicted octanol–water partition coefficient (Wildman–Crippen LogP) is 5.32. The van der Waals surface area contributed by atoms with Crippen molar-refractivity contribution in [2.45, 2.75) is 30.2 Å². The molecule has 0 aromatic heterocycles. The van der Waals surface area contributed by atoms with Crippen LogP contribution in [-0.2, 0) is 10.0 Å². The fourth-order valence-electron chi connectivity index (χ4n) is 4.83. The second-order valence-electron chi connectivity index (χ2n) is 8.63. The van der Waals surface area contributed by atoms with Gasteiger partial charge in [-0.1, -0.05) is 42.0 Å². The van der Waals surface area contributed by atoms with E-state index in [1.54, 1.807) is 12.1 Å². The summed E-state index contributed by atoms with van der Waals surface area (Å²) in [6.07, 6.45) is 5.29. The van der Waals surface area contributed by atoms with E-state index in [4.69, 9.17) is 5.11 Å². The molecule has 1 aliphatic carbocycles. The Morgan fingerprint density at radius 2 is 1.85 bits per heavy atom. The molecule has 3 N–H and O–H groups in total. The molecule has 2 aliphatic rings. The highest BCUT2D eigenvalue weighted by Crippen LogP contribution is 2.50. The number of sulfonamides is 1. The van der Waals surface area contributed by atoms with Crippen LogP contribution in [0.1, 0.15) is 45.4 Å². The van der Waals surface area contributed by atoms with Crippen LogP contribution in [0.3, 0.4) is 0 Å². The molecule has 7 heteroatoms. The van der Waals surface area contributed by atoms with Crippen LogP contribution >= 0.6 is 0 Å². The summed E-state index contributed by atoms with van der Waals surface area (Å²) >= 11 is 0. The lowest BCUT2D eigenvalue weighted by molar-refractivity contribution is 0.0697. The van der Waals surface area contributed by atoms with Crippen LogP contribution in [0, 0.1) is 12.8 Å². The van der Waals surface area contributed by atoms with Gasteiger partial charge in [0.15, 0.2) is 0 Å². The highest BCUT2D eigenvalue weighted by atomic mass is 32.2. The zero-order chi connectivity index (χ0) is 23.2. The van der Waals surface area contributed by atoms with Crippen molar-refractivity contribution in [2.24, 2.45) is 5.92 Å². The summed E-state index contributed by atoms with van der Waals surface area (Å²) in [5.41, 5.74) is 4.78. The zero-order valence-corrected chi connectivity index (χ0v) is 18.8. The minimum absolute atomic E-state index is 0.0972. The summed E-state index contributed by atoms with van der Waals surface area (Å²) in [4.78, 5) is 11.2. The third kappa shape index (κ3) is 4.00. The minimum atomic E-state index is -3.83. The molecule has 0 unspecified atom stereocenters. The largest absolute Gasteiger partial charge is 0.478 e. The summed E-state index contributed by atoms with van der Waals surface area (Å²) in [6, 6.07) is 19.5. The number of allylic oxidation sites excluding steroid dienone is 2. The van der Waals surface area contributed by atoms with Gasteiger partial charge in [0.05, 0.1) is 16.5 Å². The Hall–Kier alpha value is -3.58. The van der Waals surface area contributed by atoms with Crippen molar-refractivity contribution in [2.75, 3.05) is 10.0 Å². The molecule has 0 saturated carbocycles. The fraction of sp³-hybridized carbons (Fsp3) is 0.192. The number of carboxylic acid groups (broad SMARTS) is 1. The standard InChI is InChI=1S/C26H24N2O4S/c1-16-4-2-5-18(14-16)25-22-7-3-6-21(22)23-15-20(12-13-24(23)27-25)33(31,32)28-19-10-8-17(9-11-19)26(29)30/h2-6,8-15,21-22,25,27-28H,7H2,1H3,(H,29,30)/t21-,22+,25+/m0/s1. The van der Waals surface area contributed by atoms with Gasteiger partial charge in [-0.2, -0.15) is 0 Å². The summed E-state index contributed by atoms with van der Waals surface area (Å²) in [5.74, 6) is -0.611. The zero-order valence-electron chi connectivity index (χ0n) is 18.0. The lowest BCUT2D eigenvalue weighted by Crippen LogP contribution is -2.29. The number of fused-ring (bicyclic) bond motifs is 3. The lowest BCUT2D eigenvalue weighted by Gasteiger charge is -2.37. The second-order valence-corrected chi connectivity index (χ2v) is 10.3. The highest BCUT2D eigenvalue weighted by molar-refractivity contribution is 7.92. The molecule has 3 aromatic rings. The normalized spacial score (nSPS) is 21.1. The molecule has 3 aromatic carbocycles. The number of carboxylic acids is 1. The number of anilines is 2. The molecular formula is C26H24N2O4S. The van der Waals surface area contributed by atoms with Gasteiger partial charge in [0.1, 0.15) is 0 Å². The van der Waals surface area contributed by atoms with Gasteiger partial charge in [-0.25, -0.2) is 13.2 Å². The van der Waals surface area contributed by atoms with Gasteiger partial charge < -0.3 is 10.4 Å². The maximum Gasteiger partial charge on any atom is 0.335 e. The van der Waals surface area contributed by atoms with E-state index in [2.05, 4.69) is 53.4 Å². The number of hydrogen-bond donors (Lipinski definition) is 3. The van der Waals surface area contributed by atoms with Gasteiger partial charge >= 0.3 is 5.97 Å². The first kappa shape index (κ1) is 21.3. The van der Waals surface area contributed by atoms with Crippen molar-refractivity contribution in [1.82, 2.24) is 0 Å². The second kappa shape index (κ2) is 8.08. The maximum absolute atomic E-state index is 13.1. The Bertz CT molecular complexity index is 1360. The first-order valence-electron chi connectivity index (χ1n) is 10.8. The van der Waals surface area contributed by atoms with Crippen LogP contribution < -0.4 is 10.0 Å². The van der Waals surface area contributed by atoms with E-state index in [9.17, 15) is 13.2 Å². The minimum Gasteiger partial charge on any atom is -0.478 e. The van der Waals surface area contributed by atoms with Gasteiger partial charge in [-0.05, 0) is 72.9 Å². The molecule has 1 aliphatic heterocycles. The number of benzene rings is 3. The first-order chi connectivity index (χ1) is 15.8. The Kier molecular flexibility index (Phi) is 5.21. The van der Waals surface area contributed by atoms with Crippen molar-refractivity contribution in [3.8, 4) is 0 Å². The monoisotopic (exact) mass is 460 g/mol. The summed E-state index contributed by atoms with van der Waals surface area (Å²) in [5, 5.41) is 12.7. The summed E-state index contributed by atoms with van der Waals surface area (Å²) < 4.78 is 28.7. The van der Waals surface area contributed by atoms with E-state index < -0.39 is 16.0 Å². The van der Waals surface area contributed by atoms with Gasteiger partial charge in [-0.15, -0.1) is 0 Å². The Morgan fingerprint density at radius 3 is 2.58 bits per heavy atom. The van der Waals surface area contributed by atoms with Crippen LogP contribution in [0.15, 0.2) is 83.8 Å². The molecule has 3 atom stereocenters. The molecule has 0 fully saturated rings. The van der Waals surface area contributed by atoms with E-state index in [0.29, 0.717) is 11.6 Å². The van der Waals surface area contributed by atoms with Gasteiger partial charge in [0, 0.05) is 17.3 Å². The first-order valence-corrected chi connectivity index (χ1v) is 12.3. The molecule has 33 heavy (non-hydrogen) atoms. The SMILES string of the molecule is Cc1cccc([C@H]2Nc3ccc(S(=O)(=O)Nc4ccc(C(=O)O)cc4)cc3[C@H]3C=CC[C@H]32)c1. The van der Waals surface area contributed by atoms with E-state index in [-0.39, 0.29) is 22.4 Å². The average molecular weight is 461 g/mol. The average Bonchev–Trinajstić information content (AvgIpc) is 3.28. The van der Waals surface area contributed by atoms with Crippen molar-refractivity contribution in [3.63, 3.8) is 0 Å². The van der Waals surface area contributed by atoms with E-state index in [1.165, 1.54) is 35.4 Å². The third-order valence-electron chi connectivity index (χ3n) is 6.43. The van der Waals surface area contributed by atoms with Crippen molar-refractivity contribution >= 4 is 27.4 Å². The Balaban J connectivity index is 1.45. The Morgan fingerprint density at radius 1 is 1.06 bits per heavy atom. The number of carbonyl (C=O) groups is 1. The molecule has 1 heterocycles. The molecule has 0 saturated heterocycles. The van der Waals surface area contributed by atoms with Crippen LogP contribution in [0.4, 0.5) is 11.4 Å². The van der Waals surface area contributed by atoms with Gasteiger partial charge in [-0.3, -0.25) is 4.72 Å². The van der Waals surface area contributed by atoms with E-state index >= 15 is 0 Å². The van der Waals surface area contributed by atoms with E-state index in [1.807, 2.05) is 6.07 Å². The quantitative estimate of drug-likeness (QED) is 0.448. The molecule has 0 bridgehead atoms.